The third-order valence-corrected chi connectivity index (χ3v) is 13.2. The molecule has 2 N–H and O–H groups in total. The minimum absolute atomic E-state index is 0. The molecule has 2 aromatic heterocycles. The molecule has 4 amide bonds. The van der Waals surface area contributed by atoms with E-state index in [2.05, 4.69) is 8.75 Å². The van der Waals surface area contributed by atoms with E-state index in [1.54, 1.807) is 9.80 Å². The molecule has 8 rings (SSSR count). The Labute approximate surface area is 386 Å². The summed E-state index contributed by atoms with van der Waals surface area (Å²) in [6.07, 6.45) is 5.46. The Kier molecular flexibility index (Phi) is 18.9. The number of halogens is 4. The Morgan fingerprint density at radius 2 is 0.905 bits per heavy atom. The number of hydrogen-bond acceptors (Lipinski definition) is 8. The third-order valence-electron chi connectivity index (χ3n) is 11.6. The predicted molar refractivity (Wildman–Crippen MR) is 251 cm³/mol. The van der Waals surface area contributed by atoms with Crippen LogP contribution >= 0.6 is 47.9 Å². The van der Waals surface area contributed by atoms with Gasteiger partial charge in [-0.3, -0.25) is 19.2 Å². The SMILES string of the molecule is CN(CCC1CCN(C(=O)c2ccc(F)cc2)CC1)C(=O)c1nsc2ccccc12.CN(CCC1CCN(C(=O)c2ccc(F)cc2)CC1)C(=O)c1nsc2ccccc12.Cl.Cl.O. The molecule has 0 spiro atoms. The monoisotopic (exact) mass is 940 g/mol. The van der Waals surface area contributed by atoms with Crippen molar-refractivity contribution in [3.63, 3.8) is 0 Å². The molecule has 0 unspecified atom stereocenters. The number of likely N-dealkylation sites (tertiary alicyclic amines) is 2. The van der Waals surface area contributed by atoms with Crippen LogP contribution < -0.4 is 0 Å². The number of amides is 4. The van der Waals surface area contributed by atoms with E-state index in [1.807, 2.05) is 72.4 Å². The summed E-state index contributed by atoms with van der Waals surface area (Å²) < 4.78 is 36.9. The standard InChI is InChI=1S/2C23H24FN3O2S.2ClH.H2O/c2*1-26(23(29)21-19-4-2-3-5-20(19)30-25-21)13-10-16-11-14-27(15-12-16)22(28)17-6-8-18(24)9-7-17;;;/h2*2-9,16H,10-15H2,1H3;2*1H;1H2. The van der Waals surface area contributed by atoms with E-state index < -0.39 is 0 Å². The number of hydrogen-bond donors (Lipinski definition) is 0. The van der Waals surface area contributed by atoms with E-state index in [1.165, 1.54) is 71.6 Å². The molecular formula is C46H52Cl2F2N6O5S2. The van der Waals surface area contributed by atoms with Crippen molar-refractivity contribution in [1.29, 1.82) is 0 Å². The van der Waals surface area contributed by atoms with Gasteiger partial charge in [-0.25, -0.2) is 8.78 Å². The molecule has 2 aliphatic heterocycles. The number of aromatic nitrogens is 2. The lowest BCUT2D eigenvalue weighted by Gasteiger charge is -2.32. The maximum atomic E-state index is 13.1. The Morgan fingerprint density at radius 1 is 0.571 bits per heavy atom. The summed E-state index contributed by atoms with van der Waals surface area (Å²) in [5.74, 6) is 0.0959. The highest BCUT2D eigenvalue weighted by molar-refractivity contribution is 7.13. The number of rotatable bonds is 10. The number of carbonyl (C=O) groups is 4. The van der Waals surface area contributed by atoms with E-state index in [9.17, 15) is 28.0 Å². The molecule has 0 bridgehead atoms. The smallest absolute Gasteiger partial charge is 0.273 e. The molecule has 63 heavy (non-hydrogen) atoms. The number of nitrogens with zero attached hydrogens (tertiary/aromatic N) is 6. The average Bonchev–Trinajstić information content (AvgIpc) is 3.93. The number of piperidine rings is 2. The topological polar surface area (TPSA) is 139 Å². The van der Waals surface area contributed by atoms with Gasteiger partial charge in [-0.15, -0.1) is 24.8 Å². The van der Waals surface area contributed by atoms with E-state index in [-0.39, 0.29) is 65.6 Å². The molecule has 6 aromatic rings. The van der Waals surface area contributed by atoms with Crippen molar-refractivity contribution in [3.05, 3.63) is 131 Å². The molecule has 17 heteroatoms. The first-order valence-electron chi connectivity index (χ1n) is 20.3. The molecule has 2 saturated heterocycles. The maximum absolute atomic E-state index is 13.1. The van der Waals surface area contributed by atoms with E-state index in [4.69, 9.17) is 0 Å². The van der Waals surface area contributed by atoms with Crippen molar-refractivity contribution < 1.29 is 33.4 Å². The Balaban J connectivity index is 0.000000264. The van der Waals surface area contributed by atoms with Gasteiger partial charge in [-0.1, -0.05) is 36.4 Å². The van der Waals surface area contributed by atoms with Gasteiger partial charge >= 0.3 is 0 Å². The second-order valence-electron chi connectivity index (χ2n) is 15.6. The Bertz CT molecular complexity index is 2270. The van der Waals surface area contributed by atoms with Crippen molar-refractivity contribution in [2.75, 3.05) is 53.4 Å². The van der Waals surface area contributed by atoms with Crippen molar-refractivity contribution in [3.8, 4) is 0 Å². The van der Waals surface area contributed by atoms with E-state index in [0.29, 0.717) is 73.6 Å². The highest BCUT2D eigenvalue weighted by atomic mass is 35.5. The summed E-state index contributed by atoms with van der Waals surface area (Å²) in [5.41, 5.74) is 2.10. The minimum Gasteiger partial charge on any atom is -0.412 e. The van der Waals surface area contributed by atoms with Crippen LogP contribution in [0.3, 0.4) is 0 Å². The van der Waals surface area contributed by atoms with Crippen LogP contribution in [0.5, 0.6) is 0 Å². The fraction of sp³-hybridized carbons (Fsp3) is 0.348. The lowest BCUT2D eigenvalue weighted by Crippen LogP contribution is -2.39. The highest BCUT2D eigenvalue weighted by Crippen LogP contribution is 2.27. The summed E-state index contributed by atoms with van der Waals surface area (Å²) in [6.45, 7) is 4.09. The zero-order valence-electron chi connectivity index (χ0n) is 35.1. The largest absolute Gasteiger partial charge is 0.412 e. The number of benzene rings is 4. The van der Waals surface area contributed by atoms with Crippen molar-refractivity contribution in [1.82, 2.24) is 28.3 Å². The van der Waals surface area contributed by atoms with Crippen LogP contribution in [0.2, 0.25) is 0 Å². The molecule has 4 heterocycles. The Hall–Kier alpha value is -5.06. The molecule has 11 nitrogen and oxygen atoms in total. The first-order valence-corrected chi connectivity index (χ1v) is 21.9. The van der Waals surface area contributed by atoms with Gasteiger partial charge in [-0.2, -0.15) is 8.75 Å². The second-order valence-corrected chi connectivity index (χ2v) is 17.2. The first-order chi connectivity index (χ1) is 29.0. The predicted octanol–water partition coefficient (Wildman–Crippen LogP) is 8.92. The third kappa shape index (κ3) is 12.6. The molecule has 0 radical (unpaired) electrons. The zero-order valence-corrected chi connectivity index (χ0v) is 38.3. The first kappa shape index (κ1) is 50.6. The van der Waals surface area contributed by atoms with Crippen LogP contribution in [0.1, 0.15) is 80.2 Å². The van der Waals surface area contributed by atoms with Crippen LogP contribution in [0.15, 0.2) is 97.1 Å². The van der Waals surface area contributed by atoms with Gasteiger partial charge in [-0.05, 0) is 134 Å². The lowest BCUT2D eigenvalue weighted by molar-refractivity contribution is 0.0664. The van der Waals surface area contributed by atoms with Crippen molar-refractivity contribution >= 4 is 91.7 Å². The second kappa shape index (κ2) is 23.6. The number of fused-ring (bicyclic) bond motifs is 2. The van der Waals surface area contributed by atoms with Crippen LogP contribution in [-0.4, -0.2) is 111 Å². The average molecular weight is 942 g/mol. The van der Waals surface area contributed by atoms with Gasteiger partial charge < -0.3 is 25.1 Å². The molecule has 0 atom stereocenters. The van der Waals surface area contributed by atoms with Crippen LogP contribution in [0.25, 0.3) is 20.2 Å². The molecule has 2 aliphatic rings. The summed E-state index contributed by atoms with van der Waals surface area (Å²) in [6, 6.07) is 27.0. The van der Waals surface area contributed by atoms with E-state index in [0.717, 1.165) is 58.7 Å². The summed E-state index contributed by atoms with van der Waals surface area (Å²) in [5, 5.41) is 1.82. The van der Waals surface area contributed by atoms with Gasteiger partial charge in [0, 0.05) is 75.3 Å². The fourth-order valence-corrected chi connectivity index (χ4v) is 9.33. The Morgan fingerprint density at radius 3 is 1.25 bits per heavy atom. The summed E-state index contributed by atoms with van der Waals surface area (Å²) >= 11 is 2.70. The zero-order chi connectivity index (χ0) is 42.2. The molecule has 336 valence electrons. The van der Waals surface area contributed by atoms with Gasteiger partial charge in [0.2, 0.25) is 0 Å². The van der Waals surface area contributed by atoms with E-state index >= 15 is 0 Å². The normalized spacial score (nSPS) is 14.1. The van der Waals surface area contributed by atoms with Crippen molar-refractivity contribution in [2.45, 2.75) is 38.5 Å². The molecule has 4 aromatic carbocycles. The summed E-state index contributed by atoms with van der Waals surface area (Å²) in [4.78, 5) is 57.9. The van der Waals surface area contributed by atoms with Crippen LogP contribution in [0.4, 0.5) is 8.78 Å². The van der Waals surface area contributed by atoms with Gasteiger partial charge in [0.25, 0.3) is 23.6 Å². The number of carbonyl (C=O) groups excluding carboxylic acids is 4. The maximum Gasteiger partial charge on any atom is 0.273 e. The van der Waals surface area contributed by atoms with Gasteiger partial charge in [0.1, 0.15) is 23.0 Å². The molecule has 0 aliphatic carbocycles. The van der Waals surface area contributed by atoms with Gasteiger partial charge in [0.15, 0.2) is 0 Å². The lowest BCUT2D eigenvalue weighted by atomic mass is 9.93. The van der Waals surface area contributed by atoms with Crippen LogP contribution in [0, 0.1) is 23.5 Å². The fourth-order valence-electron chi connectivity index (χ4n) is 7.80. The summed E-state index contributed by atoms with van der Waals surface area (Å²) in [7, 11) is 3.65. The molecular weight excluding hydrogens is 890 g/mol. The molecule has 2 fully saturated rings. The minimum atomic E-state index is -0.338. The van der Waals surface area contributed by atoms with Gasteiger partial charge in [0.05, 0.1) is 9.40 Å². The molecule has 0 saturated carbocycles. The van der Waals surface area contributed by atoms with Crippen LogP contribution in [-0.2, 0) is 0 Å². The quantitative estimate of drug-likeness (QED) is 0.135. The van der Waals surface area contributed by atoms with Crippen molar-refractivity contribution in [2.24, 2.45) is 11.8 Å². The highest BCUT2D eigenvalue weighted by Gasteiger charge is 2.27.